The number of carbonyl (C=O) groups is 3. The highest BCUT2D eigenvalue weighted by Crippen LogP contribution is 1.94. The van der Waals surface area contributed by atoms with Crippen molar-refractivity contribution in [1.82, 2.24) is 10.6 Å². The van der Waals surface area contributed by atoms with Crippen LogP contribution in [0.5, 0.6) is 0 Å². The fourth-order valence-corrected chi connectivity index (χ4v) is 0.804. The Morgan fingerprint density at radius 1 is 1.53 bits per heavy atom. The van der Waals surface area contributed by atoms with Gasteiger partial charge in [-0.25, -0.2) is 0 Å². The van der Waals surface area contributed by atoms with Gasteiger partial charge in [0.15, 0.2) is 0 Å². The van der Waals surface area contributed by atoms with E-state index < -0.39 is 5.91 Å². The maximum absolute atomic E-state index is 10.9. The van der Waals surface area contributed by atoms with Gasteiger partial charge in [-0.3, -0.25) is 14.4 Å². The predicted molar refractivity (Wildman–Crippen MR) is 51.4 cm³/mol. The van der Waals surface area contributed by atoms with Crippen LogP contribution in [0, 0.1) is 0 Å². The van der Waals surface area contributed by atoms with Crippen LogP contribution in [0.25, 0.3) is 0 Å². The van der Waals surface area contributed by atoms with Gasteiger partial charge in [0.2, 0.25) is 18.2 Å². The van der Waals surface area contributed by atoms with Crippen molar-refractivity contribution in [3.63, 3.8) is 0 Å². The smallest absolute Gasteiger partial charge is 0.241 e. The van der Waals surface area contributed by atoms with E-state index in [1.807, 2.05) is 0 Å². The number of hydrogen-bond acceptors (Lipinski definition) is 4. The molecule has 0 heterocycles. The van der Waals surface area contributed by atoms with Crippen LogP contribution < -0.4 is 16.4 Å². The molecule has 15 heavy (non-hydrogen) atoms. The minimum atomic E-state index is -0.462. The predicted octanol–water partition coefficient (Wildman–Crippen LogP) is -1.91. The molecule has 0 saturated heterocycles. The van der Waals surface area contributed by atoms with E-state index >= 15 is 0 Å². The number of amides is 3. The molecule has 1 unspecified atom stereocenters. The molecule has 0 fully saturated rings. The molecule has 0 radical (unpaired) electrons. The maximum atomic E-state index is 10.9. The van der Waals surface area contributed by atoms with Crippen LogP contribution in [-0.2, 0) is 19.1 Å². The number of nitrogens with two attached hydrogens (primary N) is 1. The Morgan fingerprint density at radius 2 is 2.20 bits per heavy atom. The van der Waals surface area contributed by atoms with Gasteiger partial charge in [-0.1, -0.05) is 0 Å². The van der Waals surface area contributed by atoms with Crippen LogP contribution in [0.3, 0.4) is 0 Å². The van der Waals surface area contributed by atoms with E-state index in [1.165, 1.54) is 0 Å². The molecule has 0 bridgehead atoms. The monoisotopic (exact) mass is 217 g/mol. The molecular weight excluding hydrogens is 202 g/mol. The van der Waals surface area contributed by atoms with Crippen molar-refractivity contribution in [2.45, 2.75) is 19.4 Å². The van der Waals surface area contributed by atoms with Crippen LogP contribution in [0.2, 0.25) is 0 Å². The highest BCUT2D eigenvalue weighted by molar-refractivity contribution is 5.79. The van der Waals surface area contributed by atoms with Crippen molar-refractivity contribution in [3.05, 3.63) is 0 Å². The summed E-state index contributed by atoms with van der Waals surface area (Å²) in [5.74, 6) is -0.829. The molecule has 0 aromatic heterocycles. The Morgan fingerprint density at radius 3 is 2.73 bits per heavy atom. The number of hydrogen-bond donors (Lipinski definition) is 3. The Hall–Kier alpha value is -1.63. The van der Waals surface area contributed by atoms with Gasteiger partial charge in [-0.15, -0.1) is 0 Å². The lowest BCUT2D eigenvalue weighted by Crippen LogP contribution is -2.36. The van der Waals surface area contributed by atoms with Gasteiger partial charge in [0.25, 0.3) is 0 Å². The van der Waals surface area contributed by atoms with E-state index in [0.717, 1.165) is 0 Å². The van der Waals surface area contributed by atoms with Gasteiger partial charge in [0, 0.05) is 0 Å². The van der Waals surface area contributed by atoms with E-state index in [0.29, 0.717) is 6.41 Å². The molecule has 7 heteroatoms. The second kappa shape index (κ2) is 7.74. The quantitative estimate of drug-likeness (QED) is 0.325. The summed E-state index contributed by atoms with van der Waals surface area (Å²) in [6, 6.07) is 0. The Kier molecular flexibility index (Phi) is 6.90. The third-order valence-electron chi connectivity index (χ3n) is 1.47. The minimum Gasteiger partial charge on any atom is -0.370 e. The van der Waals surface area contributed by atoms with Gasteiger partial charge < -0.3 is 21.1 Å². The van der Waals surface area contributed by atoms with Crippen molar-refractivity contribution in [1.29, 1.82) is 0 Å². The molecule has 0 aromatic carbocycles. The van der Waals surface area contributed by atoms with Gasteiger partial charge in [0.1, 0.15) is 6.73 Å². The zero-order valence-corrected chi connectivity index (χ0v) is 8.49. The molecule has 7 nitrogen and oxygen atoms in total. The topological polar surface area (TPSA) is 111 Å². The summed E-state index contributed by atoms with van der Waals surface area (Å²) in [6.07, 6.45) is 0.181. The second-order valence-electron chi connectivity index (χ2n) is 2.89. The van der Waals surface area contributed by atoms with Crippen LogP contribution >= 0.6 is 0 Å². The molecule has 1 atom stereocenters. The van der Waals surface area contributed by atoms with Crippen molar-refractivity contribution in [3.8, 4) is 0 Å². The lowest BCUT2D eigenvalue weighted by Gasteiger charge is -2.11. The molecule has 4 N–H and O–H groups in total. The standard InChI is InChI=1S/C8H15N3O4/c1-6(2-7(9)13)15-5-11-8(14)3-10-4-12/h4,6H,2-3,5H2,1H3,(H2,9,13)(H,10,12)(H,11,14). The first-order chi connectivity index (χ1) is 7.06. The minimum absolute atomic E-state index is 0.0200. The summed E-state index contributed by atoms with van der Waals surface area (Å²) in [7, 11) is 0. The summed E-state index contributed by atoms with van der Waals surface area (Å²) >= 11 is 0. The van der Waals surface area contributed by atoms with Gasteiger partial charge in [-0.05, 0) is 6.92 Å². The van der Waals surface area contributed by atoms with Gasteiger partial charge in [0.05, 0.1) is 19.1 Å². The zero-order valence-electron chi connectivity index (χ0n) is 8.49. The summed E-state index contributed by atoms with van der Waals surface area (Å²) in [5.41, 5.74) is 4.94. The maximum Gasteiger partial charge on any atom is 0.241 e. The van der Waals surface area contributed by atoms with E-state index in [4.69, 9.17) is 10.5 Å². The highest BCUT2D eigenvalue weighted by Gasteiger charge is 2.06. The summed E-state index contributed by atoms with van der Waals surface area (Å²) < 4.78 is 5.05. The number of ether oxygens (including phenoxy) is 1. The van der Waals surface area contributed by atoms with Crippen molar-refractivity contribution in [2.24, 2.45) is 5.73 Å². The molecule has 0 aromatic rings. The molecule has 3 amide bonds. The van der Waals surface area contributed by atoms with Gasteiger partial charge in [-0.2, -0.15) is 0 Å². The summed E-state index contributed by atoms with van der Waals surface area (Å²) in [6.45, 7) is 1.55. The van der Waals surface area contributed by atoms with Crippen LogP contribution in [0.15, 0.2) is 0 Å². The van der Waals surface area contributed by atoms with Crippen LogP contribution in [-0.4, -0.2) is 37.6 Å². The molecule has 0 aliphatic rings. The van der Waals surface area contributed by atoms with Crippen molar-refractivity contribution in [2.75, 3.05) is 13.3 Å². The number of primary amides is 1. The fourth-order valence-electron chi connectivity index (χ4n) is 0.804. The van der Waals surface area contributed by atoms with Crippen molar-refractivity contribution >= 4 is 18.2 Å². The lowest BCUT2D eigenvalue weighted by molar-refractivity contribution is -0.125. The van der Waals surface area contributed by atoms with Crippen molar-refractivity contribution < 1.29 is 19.1 Å². The normalized spacial score (nSPS) is 11.5. The lowest BCUT2D eigenvalue weighted by atomic mass is 10.3. The number of rotatable bonds is 8. The Balaban J connectivity index is 3.47. The van der Waals surface area contributed by atoms with E-state index in [1.54, 1.807) is 6.92 Å². The molecule has 0 aliphatic carbocycles. The molecular formula is C8H15N3O4. The van der Waals surface area contributed by atoms with Crippen LogP contribution in [0.4, 0.5) is 0 Å². The largest absolute Gasteiger partial charge is 0.370 e. The third kappa shape index (κ3) is 8.69. The molecule has 0 spiro atoms. The van der Waals surface area contributed by atoms with Gasteiger partial charge >= 0.3 is 0 Å². The Labute approximate surface area is 87.3 Å². The van der Waals surface area contributed by atoms with Crippen LogP contribution in [0.1, 0.15) is 13.3 Å². The number of carbonyl (C=O) groups excluding carboxylic acids is 3. The van der Waals surface area contributed by atoms with E-state index in [2.05, 4.69) is 10.6 Å². The third-order valence-corrected chi connectivity index (χ3v) is 1.47. The SMILES string of the molecule is CC(CC(N)=O)OCNC(=O)CNC=O. The fraction of sp³-hybridized carbons (Fsp3) is 0.625. The molecule has 86 valence electrons. The van der Waals surface area contributed by atoms with E-state index in [9.17, 15) is 14.4 Å². The first-order valence-corrected chi connectivity index (χ1v) is 4.40. The first kappa shape index (κ1) is 13.4. The van der Waals surface area contributed by atoms with E-state index in [-0.39, 0.29) is 31.7 Å². The molecule has 0 saturated carbocycles. The average Bonchev–Trinajstić information content (AvgIpc) is 2.13. The zero-order chi connectivity index (χ0) is 11.7. The average molecular weight is 217 g/mol. The Bertz CT molecular complexity index is 232. The second-order valence-corrected chi connectivity index (χ2v) is 2.89. The highest BCUT2D eigenvalue weighted by atomic mass is 16.5. The number of nitrogens with one attached hydrogen (secondary N) is 2. The first-order valence-electron chi connectivity index (χ1n) is 4.40. The summed E-state index contributed by atoms with van der Waals surface area (Å²) in [5, 5.41) is 4.58. The molecule has 0 rings (SSSR count). The summed E-state index contributed by atoms with van der Waals surface area (Å²) in [4.78, 5) is 31.2. The molecule has 0 aliphatic heterocycles.